The molecule has 1 aromatic carbocycles. The maximum absolute atomic E-state index is 3.97. The normalized spacial score (nSPS) is 8.17. The minimum atomic E-state index is 0.467. The number of aliphatic imine (C=N–C) groups is 1. The van der Waals surface area contributed by atoms with E-state index in [1.165, 1.54) is 0 Å². The van der Waals surface area contributed by atoms with Crippen LogP contribution in [0.1, 0.15) is 0 Å². The Kier molecular flexibility index (Phi) is 3.78. The van der Waals surface area contributed by atoms with Crippen molar-refractivity contribution in [3.8, 4) is 0 Å². The molecule has 3 heteroatoms. The molecule has 0 aromatic heterocycles. The van der Waals surface area contributed by atoms with Gasteiger partial charge >= 0.3 is 0 Å². The molecule has 0 fully saturated rings. The van der Waals surface area contributed by atoms with Crippen molar-refractivity contribution < 1.29 is 0 Å². The molecule has 1 rings (SSSR count). The van der Waals surface area contributed by atoms with Crippen molar-refractivity contribution in [2.75, 3.05) is 0 Å². The lowest BCUT2D eigenvalue weighted by atomic mass is 10.3. The van der Waals surface area contributed by atoms with Crippen molar-refractivity contribution in [2.24, 2.45) is 4.99 Å². The first-order chi connectivity index (χ1) is 5.79. The fourth-order valence-electron chi connectivity index (χ4n) is 0.645. The van der Waals surface area contributed by atoms with Crippen molar-refractivity contribution in [2.45, 2.75) is 0 Å². The van der Waals surface area contributed by atoms with Crippen LogP contribution in [0.15, 0.2) is 45.3 Å². The number of thiol groups is 2. The third kappa shape index (κ3) is 3.51. The molecule has 0 saturated heterocycles. The Hall–Kier alpha value is -0.850. The Morgan fingerprint density at radius 3 is 2.42 bits per heavy atom. The summed E-state index contributed by atoms with van der Waals surface area (Å²) in [5, 5.41) is 0. The van der Waals surface area contributed by atoms with Gasteiger partial charge in [0.15, 0.2) is 0 Å². The molecule has 0 aliphatic carbocycles. The smallest absolute Gasteiger partial charge is 0.0863 e. The minimum absolute atomic E-state index is 0.467. The average Bonchev–Trinajstić information content (AvgIpc) is 2.05. The summed E-state index contributed by atoms with van der Waals surface area (Å²) in [7, 11) is 0. The zero-order chi connectivity index (χ0) is 8.81. The van der Waals surface area contributed by atoms with Crippen molar-refractivity contribution in [3.63, 3.8) is 0 Å². The van der Waals surface area contributed by atoms with Gasteiger partial charge in [-0.2, -0.15) is 4.99 Å². The first-order valence-electron chi connectivity index (χ1n) is 3.31. The van der Waals surface area contributed by atoms with E-state index in [1.807, 2.05) is 30.3 Å². The van der Waals surface area contributed by atoms with Gasteiger partial charge in [-0.25, -0.2) is 0 Å². The van der Waals surface area contributed by atoms with Crippen LogP contribution >= 0.6 is 25.3 Å². The molecule has 0 N–H and O–H groups in total. The maximum atomic E-state index is 3.97. The monoisotopic (exact) mass is 193 g/mol. The predicted octanol–water partition coefficient (Wildman–Crippen LogP) is 2.84. The highest BCUT2D eigenvalue weighted by atomic mass is 32.2. The number of hydrogen-bond donors (Lipinski definition) is 2. The fourth-order valence-corrected chi connectivity index (χ4v) is 0.745. The highest BCUT2D eigenvalue weighted by Crippen LogP contribution is 2.07. The van der Waals surface area contributed by atoms with Gasteiger partial charge in [-0.05, 0) is 17.9 Å². The molecule has 0 bridgehead atoms. The zero-order valence-electron chi connectivity index (χ0n) is 6.23. The van der Waals surface area contributed by atoms with Crippen LogP contribution in [-0.2, 0) is 0 Å². The second kappa shape index (κ2) is 4.91. The molecule has 1 nitrogen and oxygen atoms in total. The van der Waals surface area contributed by atoms with Gasteiger partial charge in [0.2, 0.25) is 0 Å². The van der Waals surface area contributed by atoms with Gasteiger partial charge in [-0.3, -0.25) is 0 Å². The van der Waals surface area contributed by atoms with Crippen LogP contribution in [0.4, 0.5) is 5.69 Å². The van der Waals surface area contributed by atoms with Crippen molar-refractivity contribution in [1.82, 2.24) is 0 Å². The highest BCUT2D eigenvalue weighted by Gasteiger charge is 1.79. The van der Waals surface area contributed by atoms with Crippen LogP contribution in [-0.4, -0.2) is 5.87 Å². The van der Waals surface area contributed by atoms with Gasteiger partial charge in [-0.15, -0.1) is 25.3 Å². The summed E-state index contributed by atoms with van der Waals surface area (Å²) in [5.74, 6) is 2.59. The lowest BCUT2D eigenvalue weighted by Gasteiger charge is -1.84. The third-order valence-corrected chi connectivity index (χ3v) is 1.33. The Balaban J connectivity index is 2.91. The summed E-state index contributed by atoms with van der Waals surface area (Å²) in [5.41, 5.74) is 3.46. The molecular formula is C9H7NS2. The second-order valence-electron chi connectivity index (χ2n) is 2.01. The van der Waals surface area contributed by atoms with E-state index in [4.69, 9.17) is 0 Å². The van der Waals surface area contributed by atoms with Gasteiger partial charge in [0.1, 0.15) is 0 Å². The first kappa shape index (κ1) is 9.24. The highest BCUT2D eigenvalue weighted by molar-refractivity contribution is 8.04. The molecule has 60 valence electrons. The van der Waals surface area contributed by atoms with Crippen LogP contribution in [0, 0.1) is 0 Å². The molecule has 0 atom stereocenters. The van der Waals surface area contributed by atoms with Crippen molar-refractivity contribution in [3.05, 3.63) is 40.3 Å². The SMILES string of the molecule is SC(S)=C=C=Nc1ccccc1. The molecule has 0 amide bonds. The fraction of sp³-hybridized carbons (Fsp3) is 0. The Bertz CT molecular complexity index is 340. The van der Waals surface area contributed by atoms with E-state index in [2.05, 4.69) is 41.9 Å². The summed E-state index contributed by atoms with van der Waals surface area (Å²) in [6.07, 6.45) is 0. The van der Waals surface area contributed by atoms with Crippen LogP contribution in [0.3, 0.4) is 0 Å². The second-order valence-corrected chi connectivity index (χ2v) is 3.25. The number of nitrogens with zero attached hydrogens (tertiary/aromatic N) is 1. The van der Waals surface area contributed by atoms with E-state index < -0.39 is 0 Å². The van der Waals surface area contributed by atoms with Crippen LogP contribution in [0.5, 0.6) is 0 Å². The molecule has 1 aromatic rings. The maximum Gasteiger partial charge on any atom is 0.0863 e. The van der Waals surface area contributed by atoms with E-state index in [1.54, 1.807) is 0 Å². The average molecular weight is 193 g/mol. The molecule has 0 spiro atoms. The van der Waals surface area contributed by atoms with Gasteiger partial charge in [-0.1, -0.05) is 18.2 Å². The summed E-state index contributed by atoms with van der Waals surface area (Å²) in [6.45, 7) is 0. The summed E-state index contributed by atoms with van der Waals surface area (Å²) >= 11 is 7.78. The van der Waals surface area contributed by atoms with E-state index in [9.17, 15) is 0 Å². The molecule has 12 heavy (non-hydrogen) atoms. The molecule has 0 radical (unpaired) electrons. The Labute approximate surface area is 82.4 Å². The predicted molar refractivity (Wildman–Crippen MR) is 58.5 cm³/mol. The van der Waals surface area contributed by atoms with Crippen LogP contribution in [0.2, 0.25) is 0 Å². The van der Waals surface area contributed by atoms with E-state index in [-0.39, 0.29) is 0 Å². The summed E-state index contributed by atoms with van der Waals surface area (Å²) < 4.78 is 0.467. The molecule has 0 saturated carbocycles. The van der Waals surface area contributed by atoms with Gasteiger partial charge in [0.05, 0.1) is 9.92 Å². The van der Waals surface area contributed by atoms with E-state index in [0.717, 1.165) is 5.69 Å². The van der Waals surface area contributed by atoms with Gasteiger partial charge in [0, 0.05) is 5.87 Å². The summed E-state index contributed by atoms with van der Waals surface area (Å²) in [4.78, 5) is 3.97. The lowest BCUT2D eigenvalue weighted by molar-refractivity contribution is 1.55. The molecule has 0 heterocycles. The first-order valence-corrected chi connectivity index (χ1v) is 4.20. The van der Waals surface area contributed by atoms with Gasteiger partial charge in [0.25, 0.3) is 0 Å². The number of para-hydroxylation sites is 1. The molecular weight excluding hydrogens is 186 g/mol. The van der Waals surface area contributed by atoms with Crippen molar-refractivity contribution in [1.29, 1.82) is 0 Å². The Morgan fingerprint density at radius 2 is 1.83 bits per heavy atom. The van der Waals surface area contributed by atoms with Gasteiger partial charge < -0.3 is 0 Å². The van der Waals surface area contributed by atoms with E-state index >= 15 is 0 Å². The lowest BCUT2D eigenvalue weighted by Crippen LogP contribution is -1.59. The van der Waals surface area contributed by atoms with Crippen LogP contribution in [0.25, 0.3) is 0 Å². The molecule has 0 unspecified atom stereocenters. The third-order valence-electron chi connectivity index (χ3n) is 1.11. The standard InChI is InChI=1S/C9H7NS2/c11-9(12)6-7-10-8-4-2-1-3-5-8/h1-5,11-12H. The zero-order valence-corrected chi connectivity index (χ0v) is 8.02. The largest absolute Gasteiger partial charge is 0.198 e. The number of hydrogen-bond acceptors (Lipinski definition) is 3. The number of benzene rings is 1. The molecule has 0 aliphatic rings. The Morgan fingerprint density at radius 1 is 1.17 bits per heavy atom. The summed E-state index contributed by atoms with van der Waals surface area (Å²) in [6, 6.07) is 9.51. The van der Waals surface area contributed by atoms with Crippen molar-refractivity contribution >= 4 is 36.8 Å². The number of rotatable bonds is 1. The quantitative estimate of drug-likeness (QED) is 0.386. The minimum Gasteiger partial charge on any atom is -0.198 e. The topological polar surface area (TPSA) is 12.4 Å². The van der Waals surface area contributed by atoms with Crippen LogP contribution < -0.4 is 0 Å². The molecule has 0 aliphatic heterocycles. The van der Waals surface area contributed by atoms with E-state index in [0.29, 0.717) is 4.24 Å².